The molecule has 0 N–H and O–H groups in total. The van der Waals surface area contributed by atoms with E-state index in [0.29, 0.717) is 35.3 Å². The Morgan fingerprint density at radius 1 is 1.11 bits per heavy atom. The second kappa shape index (κ2) is 7.56. The van der Waals surface area contributed by atoms with Crippen molar-refractivity contribution < 1.29 is 8.78 Å². The molecule has 4 aromatic rings. The third-order valence-electron chi connectivity index (χ3n) is 4.28. The number of benzene rings is 1. The lowest BCUT2D eigenvalue weighted by molar-refractivity contribution is 0.450. The fourth-order valence-corrected chi connectivity index (χ4v) is 3.40. The largest absolute Gasteiger partial charge is 0.333 e. The minimum atomic E-state index is -0.430. The van der Waals surface area contributed by atoms with Gasteiger partial charge >= 0.3 is 0 Å². The monoisotopic (exact) mass is 431 g/mol. The van der Waals surface area contributed by atoms with Gasteiger partial charge in [-0.1, -0.05) is 0 Å². The number of aryl methyl sites for hydroxylation is 1. The number of alkyl halides is 1. The molecule has 3 aromatic heterocycles. The van der Waals surface area contributed by atoms with Gasteiger partial charge in [0.05, 0.1) is 35.1 Å². The maximum Gasteiger partial charge on any atom is 0.142 e. The number of hydrogen-bond acceptors (Lipinski definition) is 3. The lowest BCUT2D eigenvalue weighted by Gasteiger charge is -2.10. The third-order valence-corrected chi connectivity index (χ3v) is 4.89. The van der Waals surface area contributed by atoms with E-state index in [-0.39, 0.29) is 5.82 Å². The topological polar surface area (TPSA) is 48.5 Å². The van der Waals surface area contributed by atoms with Crippen molar-refractivity contribution >= 4 is 27.0 Å². The second-order valence-electron chi connectivity index (χ2n) is 6.20. The van der Waals surface area contributed by atoms with E-state index in [2.05, 4.69) is 30.9 Å². The fraction of sp³-hybridized carbons (Fsp3) is 0.211. The molecular formula is C19H16BrF2N5. The van der Waals surface area contributed by atoms with Gasteiger partial charge in [0, 0.05) is 43.0 Å². The van der Waals surface area contributed by atoms with E-state index in [1.807, 2.05) is 21.4 Å². The summed E-state index contributed by atoms with van der Waals surface area (Å²) in [5, 5.41) is 0. The van der Waals surface area contributed by atoms with Gasteiger partial charge in [-0.3, -0.25) is 9.37 Å². The van der Waals surface area contributed by atoms with Crippen molar-refractivity contribution in [1.29, 1.82) is 0 Å². The van der Waals surface area contributed by atoms with E-state index >= 15 is 0 Å². The first-order valence-corrected chi connectivity index (χ1v) is 9.26. The molecule has 5 nitrogen and oxygen atoms in total. The van der Waals surface area contributed by atoms with Gasteiger partial charge in [0.1, 0.15) is 11.6 Å². The molecule has 0 aliphatic carbocycles. The Morgan fingerprint density at radius 2 is 2.00 bits per heavy atom. The van der Waals surface area contributed by atoms with Gasteiger partial charge in [-0.25, -0.2) is 14.4 Å². The Bertz CT molecular complexity index is 1080. The zero-order chi connectivity index (χ0) is 18.8. The Hall–Kier alpha value is -2.61. The molecule has 138 valence electrons. The number of pyridine rings is 1. The maximum atomic E-state index is 13.9. The highest BCUT2D eigenvalue weighted by Crippen LogP contribution is 2.29. The summed E-state index contributed by atoms with van der Waals surface area (Å²) < 4.78 is 31.0. The Balaban J connectivity index is 1.80. The second-order valence-corrected chi connectivity index (χ2v) is 7.06. The van der Waals surface area contributed by atoms with E-state index in [1.54, 1.807) is 31.0 Å². The van der Waals surface area contributed by atoms with Crippen LogP contribution in [0.5, 0.6) is 0 Å². The quantitative estimate of drug-likeness (QED) is 0.448. The maximum absolute atomic E-state index is 13.9. The third kappa shape index (κ3) is 3.62. The highest BCUT2D eigenvalue weighted by molar-refractivity contribution is 9.10. The lowest BCUT2D eigenvalue weighted by atomic mass is 10.2. The molecule has 0 atom stereocenters. The van der Waals surface area contributed by atoms with Crippen LogP contribution in [0, 0.1) is 5.82 Å². The van der Waals surface area contributed by atoms with Gasteiger partial charge in [-0.15, -0.1) is 0 Å². The van der Waals surface area contributed by atoms with Crippen LogP contribution in [0.25, 0.3) is 22.4 Å². The molecule has 0 radical (unpaired) electrons. The zero-order valence-electron chi connectivity index (χ0n) is 14.3. The average Bonchev–Trinajstić information content (AvgIpc) is 3.29. The van der Waals surface area contributed by atoms with Crippen molar-refractivity contribution in [3.63, 3.8) is 0 Å². The summed E-state index contributed by atoms with van der Waals surface area (Å²) in [6, 6.07) is 5.06. The van der Waals surface area contributed by atoms with Crippen molar-refractivity contribution in [2.45, 2.75) is 19.5 Å². The lowest BCUT2D eigenvalue weighted by Crippen LogP contribution is -2.03. The van der Waals surface area contributed by atoms with Gasteiger partial charge in [-0.05, 0) is 40.0 Å². The molecule has 0 spiro atoms. The molecule has 0 aliphatic rings. The van der Waals surface area contributed by atoms with Crippen LogP contribution in [0.4, 0.5) is 8.78 Å². The van der Waals surface area contributed by atoms with Crippen molar-refractivity contribution in [2.24, 2.45) is 0 Å². The van der Waals surface area contributed by atoms with Gasteiger partial charge < -0.3 is 9.13 Å². The molecule has 0 unspecified atom stereocenters. The van der Waals surface area contributed by atoms with E-state index in [1.165, 1.54) is 6.07 Å². The Labute approximate surface area is 162 Å². The minimum absolute atomic E-state index is 0.356. The average molecular weight is 432 g/mol. The summed E-state index contributed by atoms with van der Waals surface area (Å²) in [6.07, 6.45) is 9.20. The number of aromatic nitrogens is 5. The molecule has 0 aliphatic heterocycles. The van der Waals surface area contributed by atoms with E-state index in [9.17, 15) is 8.78 Å². The summed E-state index contributed by atoms with van der Waals surface area (Å²) in [7, 11) is 0. The van der Waals surface area contributed by atoms with E-state index in [0.717, 1.165) is 16.6 Å². The summed E-state index contributed by atoms with van der Waals surface area (Å²) in [4.78, 5) is 13.0. The first-order chi connectivity index (χ1) is 13.2. The first kappa shape index (κ1) is 17.8. The number of hydrogen-bond donors (Lipinski definition) is 0. The fourth-order valence-electron chi connectivity index (χ4n) is 3.07. The van der Waals surface area contributed by atoms with Crippen molar-refractivity contribution in [1.82, 2.24) is 24.1 Å². The smallest absolute Gasteiger partial charge is 0.142 e. The highest BCUT2D eigenvalue weighted by Gasteiger charge is 2.15. The number of halogens is 3. The van der Waals surface area contributed by atoms with Gasteiger partial charge in [-0.2, -0.15) is 0 Å². The van der Waals surface area contributed by atoms with Crippen LogP contribution >= 0.6 is 15.9 Å². The Kier molecular flexibility index (Phi) is 4.98. The molecule has 27 heavy (non-hydrogen) atoms. The van der Waals surface area contributed by atoms with Crippen LogP contribution in [-0.4, -0.2) is 30.8 Å². The van der Waals surface area contributed by atoms with Crippen LogP contribution in [0.1, 0.15) is 12.0 Å². The van der Waals surface area contributed by atoms with Gasteiger partial charge in [0.2, 0.25) is 0 Å². The molecule has 0 bridgehead atoms. The summed E-state index contributed by atoms with van der Waals surface area (Å²) in [5.41, 5.74) is 3.08. The SMILES string of the molecule is FCCCn1c(-c2cncc(Cn3ccnc3)c2)nc2cc(F)c(Br)cc21. The van der Waals surface area contributed by atoms with Crippen LogP contribution in [0.15, 0.2) is 53.8 Å². The number of rotatable bonds is 6. The van der Waals surface area contributed by atoms with E-state index < -0.39 is 6.67 Å². The summed E-state index contributed by atoms with van der Waals surface area (Å²) in [5.74, 6) is 0.270. The molecular weight excluding hydrogens is 416 g/mol. The predicted molar refractivity (Wildman–Crippen MR) is 103 cm³/mol. The first-order valence-electron chi connectivity index (χ1n) is 8.47. The van der Waals surface area contributed by atoms with Crippen LogP contribution in [-0.2, 0) is 13.1 Å². The number of fused-ring (bicyclic) bond motifs is 1. The number of imidazole rings is 2. The molecule has 0 amide bonds. The predicted octanol–water partition coefficient (Wildman–Crippen LogP) is 4.60. The Morgan fingerprint density at radius 3 is 2.78 bits per heavy atom. The molecule has 1 aromatic carbocycles. The normalized spacial score (nSPS) is 11.4. The number of nitrogens with zero attached hydrogens (tertiary/aromatic N) is 5. The molecule has 0 saturated carbocycles. The molecule has 0 saturated heterocycles. The van der Waals surface area contributed by atoms with Gasteiger partial charge in [0.15, 0.2) is 0 Å². The molecule has 4 rings (SSSR count). The zero-order valence-corrected chi connectivity index (χ0v) is 15.9. The molecule has 3 heterocycles. The van der Waals surface area contributed by atoms with Crippen molar-refractivity contribution in [3.8, 4) is 11.4 Å². The van der Waals surface area contributed by atoms with Gasteiger partial charge in [0.25, 0.3) is 0 Å². The summed E-state index contributed by atoms with van der Waals surface area (Å²) >= 11 is 3.22. The molecule has 8 heteroatoms. The van der Waals surface area contributed by atoms with E-state index in [4.69, 9.17) is 0 Å². The van der Waals surface area contributed by atoms with Crippen molar-refractivity contribution in [2.75, 3.05) is 6.67 Å². The van der Waals surface area contributed by atoms with Crippen molar-refractivity contribution in [3.05, 3.63) is 65.2 Å². The minimum Gasteiger partial charge on any atom is -0.333 e. The van der Waals surface area contributed by atoms with Crippen LogP contribution in [0.2, 0.25) is 0 Å². The molecule has 0 fully saturated rings. The highest BCUT2D eigenvalue weighted by atomic mass is 79.9. The standard InChI is InChI=1S/C19H16BrF2N5/c20-15-7-18-17(8-16(15)22)25-19(27(18)4-1-2-21)14-6-13(9-24-10-14)11-26-5-3-23-12-26/h3,5-10,12H,1-2,4,11H2. The van der Waals surface area contributed by atoms with Crippen LogP contribution < -0.4 is 0 Å². The van der Waals surface area contributed by atoms with Crippen LogP contribution in [0.3, 0.4) is 0 Å². The summed E-state index contributed by atoms with van der Waals surface area (Å²) in [6.45, 7) is 0.651.